The molecular weight excluding hydrogens is 258 g/mol. The Kier molecular flexibility index (Phi) is 3.42. The van der Waals surface area contributed by atoms with Crippen LogP contribution in [0.5, 0.6) is 0 Å². The number of nitro groups is 1. The molecule has 2 heterocycles. The van der Waals surface area contributed by atoms with Gasteiger partial charge in [0.1, 0.15) is 11.9 Å². The number of pyridine rings is 1. The Morgan fingerprint density at radius 2 is 2.28 bits per heavy atom. The van der Waals surface area contributed by atoms with Gasteiger partial charge in [-0.25, -0.2) is 0 Å². The van der Waals surface area contributed by atoms with Gasteiger partial charge < -0.3 is 5.32 Å². The van der Waals surface area contributed by atoms with Gasteiger partial charge in [-0.1, -0.05) is 11.6 Å². The van der Waals surface area contributed by atoms with Crippen molar-refractivity contribution >= 4 is 23.0 Å². The highest BCUT2D eigenvalue weighted by Gasteiger charge is 2.17. The van der Waals surface area contributed by atoms with E-state index < -0.39 is 4.92 Å². The van der Waals surface area contributed by atoms with Gasteiger partial charge in [-0.2, -0.15) is 5.10 Å². The molecule has 2 rings (SSSR count). The molecule has 0 saturated heterocycles. The monoisotopic (exact) mass is 267 g/mol. The minimum absolute atomic E-state index is 0.149. The summed E-state index contributed by atoms with van der Waals surface area (Å²) in [5.41, 5.74) is 1.92. The smallest absolute Gasteiger partial charge is 0.311 e. The van der Waals surface area contributed by atoms with E-state index >= 15 is 0 Å². The van der Waals surface area contributed by atoms with Gasteiger partial charge in [-0.05, 0) is 6.92 Å². The third-order valence-corrected chi connectivity index (χ3v) is 2.75. The number of hydrogen-bond acceptors (Lipinski definition) is 5. The summed E-state index contributed by atoms with van der Waals surface area (Å²) in [6, 6.07) is 0. The van der Waals surface area contributed by atoms with Crippen molar-refractivity contribution in [1.29, 1.82) is 0 Å². The molecule has 8 heteroatoms. The fourth-order valence-electron chi connectivity index (χ4n) is 1.48. The molecule has 0 spiro atoms. The predicted octanol–water partition coefficient (Wildman–Crippen LogP) is 2.29. The van der Waals surface area contributed by atoms with Crippen LogP contribution in [0.15, 0.2) is 18.6 Å². The van der Waals surface area contributed by atoms with E-state index in [1.807, 2.05) is 6.92 Å². The van der Waals surface area contributed by atoms with Gasteiger partial charge in [-0.15, -0.1) is 0 Å². The first-order chi connectivity index (χ1) is 8.59. The molecule has 2 N–H and O–H groups in total. The van der Waals surface area contributed by atoms with E-state index in [-0.39, 0.29) is 16.4 Å². The quantitative estimate of drug-likeness (QED) is 0.654. The summed E-state index contributed by atoms with van der Waals surface area (Å²) in [6.45, 7) is 2.26. The predicted molar refractivity (Wildman–Crippen MR) is 66.6 cm³/mol. The molecule has 0 radical (unpaired) electrons. The van der Waals surface area contributed by atoms with Crippen LogP contribution in [-0.4, -0.2) is 20.1 Å². The van der Waals surface area contributed by atoms with Crippen LogP contribution in [0.1, 0.15) is 11.3 Å². The van der Waals surface area contributed by atoms with Crippen LogP contribution in [0.25, 0.3) is 0 Å². The second kappa shape index (κ2) is 5.01. The Labute approximate surface area is 107 Å². The largest absolute Gasteiger partial charge is 0.374 e. The molecule has 0 unspecified atom stereocenters. The standard InChI is InChI=1S/C10H10ClN5O2/c1-6-7(3-14-15-6)2-13-10-8(11)4-12-5-9(10)16(17)18/h3-5H,2H2,1H3,(H,12,13)(H,14,15). The lowest BCUT2D eigenvalue weighted by atomic mass is 10.2. The van der Waals surface area contributed by atoms with Gasteiger partial charge in [-0.3, -0.25) is 20.2 Å². The SMILES string of the molecule is Cc1[nH]ncc1CNc1c(Cl)cncc1[N+](=O)[O-]. The second-order valence-corrected chi connectivity index (χ2v) is 4.05. The van der Waals surface area contributed by atoms with Crippen molar-refractivity contribution in [3.8, 4) is 0 Å². The third-order valence-electron chi connectivity index (χ3n) is 2.47. The van der Waals surface area contributed by atoms with E-state index in [2.05, 4.69) is 20.5 Å². The molecule has 0 amide bonds. The topological polar surface area (TPSA) is 96.7 Å². The maximum Gasteiger partial charge on any atom is 0.311 e. The van der Waals surface area contributed by atoms with Gasteiger partial charge in [0.05, 0.1) is 16.1 Å². The average molecular weight is 268 g/mol. The van der Waals surface area contributed by atoms with Crippen molar-refractivity contribution in [2.45, 2.75) is 13.5 Å². The van der Waals surface area contributed by atoms with Crippen molar-refractivity contribution in [1.82, 2.24) is 15.2 Å². The van der Waals surface area contributed by atoms with E-state index in [0.29, 0.717) is 6.54 Å². The Morgan fingerprint density at radius 3 is 2.89 bits per heavy atom. The highest BCUT2D eigenvalue weighted by Crippen LogP contribution is 2.31. The van der Waals surface area contributed by atoms with Gasteiger partial charge in [0.25, 0.3) is 0 Å². The van der Waals surface area contributed by atoms with E-state index in [9.17, 15) is 10.1 Å². The Balaban J connectivity index is 2.24. The number of halogens is 1. The summed E-state index contributed by atoms with van der Waals surface area (Å²) in [4.78, 5) is 14.0. The minimum Gasteiger partial charge on any atom is -0.374 e. The molecule has 0 aliphatic heterocycles. The molecule has 0 aliphatic rings. The number of hydrogen-bond donors (Lipinski definition) is 2. The molecule has 94 valence electrons. The number of aryl methyl sites for hydroxylation is 1. The van der Waals surface area contributed by atoms with Crippen molar-refractivity contribution in [2.75, 3.05) is 5.32 Å². The van der Waals surface area contributed by atoms with Crippen LogP contribution in [-0.2, 0) is 6.54 Å². The zero-order valence-corrected chi connectivity index (χ0v) is 10.2. The fourth-order valence-corrected chi connectivity index (χ4v) is 1.70. The maximum absolute atomic E-state index is 10.9. The lowest BCUT2D eigenvalue weighted by molar-refractivity contribution is -0.384. The molecule has 2 aromatic heterocycles. The summed E-state index contributed by atoms with van der Waals surface area (Å²) in [7, 11) is 0. The Morgan fingerprint density at radius 1 is 1.50 bits per heavy atom. The molecule has 0 aromatic carbocycles. The number of nitrogens with one attached hydrogen (secondary N) is 2. The first-order valence-corrected chi connectivity index (χ1v) is 5.48. The normalized spacial score (nSPS) is 10.3. The maximum atomic E-state index is 10.9. The first-order valence-electron chi connectivity index (χ1n) is 5.10. The van der Waals surface area contributed by atoms with E-state index in [1.54, 1.807) is 6.20 Å². The summed E-state index contributed by atoms with van der Waals surface area (Å²) in [5.74, 6) is 0. The van der Waals surface area contributed by atoms with Crippen molar-refractivity contribution in [3.05, 3.63) is 45.0 Å². The molecule has 0 aliphatic carbocycles. The summed E-state index contributed by atoms with van der Waals surface area (Å²) >= 11 is 5.90. The molecule has 18 heavy (non-hydrogen) atoms. The molecule has 0 atom stereocenters. The van der Waals surface area contributed by atoms with Gasteiger partial charge in [0.15, 0.2) is 0 Å². The van der Waals surface area contributed by atoms with Crippen LogP contribution in [0.3, 0.4) is 0 Å². The molecule has 0 saturated carbocycles. The fraction of sp³-hybridized carbons (Fsp3) is 0.200. The van der Waals surface area contributed by atoms with Crippen LogP contribution in [0.4, 0.5) is 11.4 Å². The Bertz CT molecular complexity index is 583. The number of aromatic amines is 1. The molecule has 7 nitrogen and oxygen atoms in total. The lowest BCUT2D eigenvalue weighted by Crippen LogP contribution is -2.04. The summed E-state index contributed by atoms with van der Waals surface area (Å²) in [6.07, 6.45) is 4.18. The number of nitrogens with zero attached hydrogens (tertiary/aromatic N) is 3. The van der Waals surface area contributed by atoms with Crippen molar-refractivity contribution < 1.29 is 4.92 Å². The molecule has 2 aromatic rings. The number of H-pyrrole nitrogens is 1. The minimum atomic E-state index is -0.524. The van der Waals surface area contributed by atoms with Crippen LogP contribution < -0.4 is 5.32 Å². The van der Waals surface area contributed by atoms with Gasteiger partial charge >= 0.3 is 5.69 Å². The summed E-state index contributed by atoms with van der Waals surface area (Å²) in [5, 5.41) is 20.7. The molecule has 0 fully saturated rings. The van der Waals surface area contributed by atoms with E-state index in [0.717, 1.165) is 17.5 Å². The van der Waals surface area contributed by atoms with Crippen LogP contribution >= 0.6 is 11.6 Å². The zero-order valence-electron chi connectivity index (χ0n) is 9.48. The van der Waals surface area contributed by atoms with Gasteiger partial charge in [0, 0.05) is 24.0 Å². The van der Waals surface area contributed by atoms with Crippen LogP contribution in [0, 0.1) is 17.0 Å². The average Bonchev–Trinajstić information content (AvgIpc) is 2.73. The van der Waals surface area contributed by atoms with Crippen molar-refractivity contribution in [3.63, 3.8) is 0 Å². The van der Waals surface area contributed by atoms with Gasteiger partial charge in [0.2, 0.25) is 0 Å². The lowest BCUT2D eigenvalue weighted by Gasteiger charge is -2.07. The first kappa shape index (κ1) is 12.3. The summed E-state index contributed by atoms with van der Waals surface area (Å²) < 4.78 is 0. The van der Waals surface area contributed by atoms with E-state index in [4.69, 9.17) is 11.6 Å². The second-order valence-electron chi connectivity index (χ2n) is 3.65. The number of anilines is 1. The van der Waals surface area contributed by atoms with E-state index in [1.165, 1.54) is 6.20 Å². The number of rotatable bonds is 4. The zero-order chi connectivity index (χ0) is 13.1. The highest BCUT2D eigenvalue weighted by molar-refractivity contribution is 6.33. The van der Waals surface area contributed by atoms with Crippen molar-refractivity contribution in [2.24, 2.45) is 0 Å². The third kappa shape index (κ3) is 2.40. The molecule has 0 bridgehead atoms. The molecular formula is C10H10ClN5O2. The van der Waals surface area contributed by atoms with Crippen LogP contribution in [0.2, 0.25) is 5.02 Å². The Hall–Kier alpha value is -2.15. The highest BCUT2D eigenvalue weighted by atomic mass is 35.5. The number of aromatic nitrogens is 3.